The van der Waals surface area contributed by atoms with Gasteiger partial charge in [-0.25, -0.2) is 5.43 Å². The molecule has 3 N–H and O–H groups in total. The van der Waals surface area contributed by atoms with Crippen molar-refractivity contribution < 1.29 is 29.1 Å². The second-order valence-electron chi connectivity index (χ2n) is 7.31. The molecule has 0 aliphatic carbocycles. The lowest BCUT2D eigenvalue weighted by molar-refractivity contribution is -0.385. The van der Waals surface area contributed by atoms with Crippen molar-refractivity contribution in [3.05, 3.63) is 97.6 Å². The third-order valence-electron chi connectivity index (χ3n) is 4.93. The summed E-state index contributed by atoms with van der Waals surface area (Å²) in [5.74, 6) is -0.741. The molecule has 0 saturated heterocycles. The Morgan fingerprint density at radius 2 is 1.78 bits per heavy atom. The molecule has 0 spiro atoms. The van der Waals surface area contributed by atoms with Crippen LogP contribution in [0.4, 0.5) is 5.69 Å². The summed E-state index contributed by atoms with van der Waals surface area (Å²) in [5, 5.41) is 27.6. The molecule has 0 fully saturated rings. The van der Waals surface area contributed by atoms with Gasteiger partial charge < -0.3 is 19.9 Å². The monoisotopic (exact) mass is 568 g/mol. The number of halogens is 1. The minimum absolute atomic E-state index is 0.0166. The van der Waals surface area contributed by atoms with E-state index in [1.807, 2.05) is 0 Å². The lowest BCUT2D eigenvalue weighted by Gasteiger charge is -2.11. The number of carbonyl (C=O) groups is 2. The summed E-state index contributed by atoms with van der Waals surface area (Å²) in [5.41, 5.74) is 2.55. The number of hydrazone groups is 1. The van der Waals surface area contributed by atoms with Crippen LogP contribution in [0.2, 0.25) is 0 Å². The number of nitro benzene ring substituents is 1. The maximum atomic E-state index is 13.0. The van der Waals surface area contributed by atoms with Crippen LogP contribution in [0.3, 0.4) is 0 Å². The summed E-state index contributed by atoms with van der Waals surface area (Å²) < 4.78 is 10.6. The van der Waals surface area contributed by atoms with Crippen molar-refractivity contribution in [2.45, 2.75) is 0 Å². The second kappa shape index (κ2) is 12.3. The third-order valence-corrected chi connectivity index (χ3v) is 5.53. The van der Waals surface area contributed by atoms with Crippen LogP contribution in [0.5, 0.6) is 17.2 Å². The van der Waals surface area contributed by atoms with E-state index >= 15 is 0 Å². The Morgan fingerprint density at radius 3 is 2.43 bits per heavy atom. The number of ether oxygens (including phenoxy) is 2. The number of hydrogen-bond acceptors (Lipinski definition) is 8. The van der Waals surface area contributed by atoms with Crippen molar-refractivity contribution in [3.63, 3.8) is 0 Å². The van der Waals surface area contributed by atoms with Crippen LogP contribution in [0.25, 0.3) is 6.08 Å². The van der Waals surface area contributed by atoms with E-state index in [0.29, 0.717) is 22.6 Å². The fraction of sp³-hybridized carbons (Fsp3) is 0.0800. The number of benzene rings is 3. The highest BCUT2D eigenvalue weighted by Crippen LogP contribution is 2.31. The summed E-state index contributed by atoms with van der Waals surface area (Å²) >= 11 is 3.04. The lowest BCUT2D eigenvalue weighted by atomic mass is 10.1. The Morgan fingerprint density at radius 1 is 1.05 bits per heavy atom. The van der Waals surface area contributed by atoms with Crippen molar-refractivity contribution >= 4 is 45.7 Å². The molecule has 3 rings (SSSR count). The van der Waals surface area contributed by atoms with Gasteiger partial charge in [0.05, 0.1) is 29.8 Å². The number of amides is 2. The molecule has 3 aromatic carbocycles. The number of aromatic hydroxyl groups is 1. The lowest BCUT2D eigenvalue weighted by Crippen LogP contribution is -2.32. The topological polar surface area (TPSA) is 152 Å². The van der Waals surface area contributed by atoms with Crippen LogP contribution >= 0.6 is 15.9 Å². The standard InChI is InChI=1S/C25H21BrN4O7/c1-36-19-9-8-16(22(13-19)37-2)11-21(28-24(32)15-6-4-3-5-7-15)25(33)29-27-14-17-10-18(30(34)35)12-20(26)23(17)31/h3-14,31H,1-2H3,(H,28,32)(H,29,33)/b21-11+,27-14+. The van der Waals surface area contributed by atoms with E-state index in [2.05, 4.69) is 31.8 Å². The Labute approximate surface area is 219 Å². The molecule has 0 radical (unpaired) electrons. The van der Waals surface area contributed by atoms with Crippen LogP contribution < -0.4 is 20.2 Å². The predicted octanol–water partition coefficient (Wildman–Crippen LogP) is 4.00. The zero-order valence-corrected chi connectivity index (χ0v) is 21.2. The highest BCUT2D eigenvalue weighted by Gasteiger charge is 2.17. The molecule has 12 heteroatoms. The molecule has 0 bridgehead atoms. The van der Waals surface area contributed by atoms with E-state index in [1.165, 1.54) is 20.3 Å². The molecule has 3 aromatic rings. The van der Waals surface area contributed by atoms with E-state index in [9.17, 15) is 24.8 Å². The van der Waals surface area contributed by atoms with Gasteiger partial charge in [-0.05, 0) is 46.3 Å². The van der Waals surface area contributed by atoms with Crippen molar-refractivity contribution in [2.75, 3.05) is 14.2 Å². The van der Waals surface area contributed by atoms with Crippen molar-refractivity contribution in [3.8, 4) is 17.2 Å². The molecule has 0 aromatic heterocycles. The number of rotatable bonds is 9. The van der Waals surface area contributed by atoms with Gasteiger partial charge >= 0.3 is 0 Å². The van der Waals surface area contributed by atoms with Gasteiger partial charge in [-0.15, -0.1) is 0 Å². The zero-order chi connectivity index (χ0) is 26.9. The van der Waals surface area contributed by atoms with Gasteiger partial charge in [0.1, 0.15) is 22.9 Å². The zero-order valence-electron chi connectivity index (χ0n) is 19.6. The van der Waals surface area contributed by atoms with Gasteiger partial charge in [-0.2, -0.15) is 5.10 Å². The Kier molecular flexibility index (Phi) is 8.95. The second-order valence-corrected chi connectivity index (χ2v) is 8.16. The van der Waals surface area contributed by atoms with Crippen LogP contribution in [0.1, 0.15) is 21.5 Å². The fourth-order valence-corrected chi connectivity index (χ4v) is 3.53. The SMILES string of the molecule is COc1ccc(/C=C(/NC(=O)c2ccccc2)C(=O)N/N=C/c2cc([N+](=O)[O-])cc(Br)c2O)c(OC)c1. The van der Waals surface area contributed by atoms with Crippen molar-refractivity contribution in [1.82, 2.24) is 10.7 Å². The van der Waals surface area contributed by atoms with Gasteiger partial charge in [0.25, 0.3) is 17.5 Å². The van der Waals surface area contributed by atoms with Crippen molar-refractivity contribution in [2.24, 2.45) is 5.10 Å². The first kappa shape index (κ1) is 26.9. The van der Waals surface area contributed by atoms with Crippen LogP contribution in [0, 0.1) is 10.1 Å². The quantitative estimate of drug-likeness (QED) is 0.152. The number of phenols is 1. The van der Waals surface area contributed by atoms with E-state index in [-0.39, 0.29) is 27.2 Å². The highest BCUT2D eigenvalue weighted by atomic mass is 79.9. The smallest absolute Gasteiger partial charge is 0.287 e. The summed E-state index contributed by atoms with van der Waals surface area (Å²) in [6.07, 6.45) is 2.43. The first-order valence-electron chi connectivity index (χ1n) is 10.5. The van der Waals surface area contributed by atoms with Gasteiger partial charge in [-0.1, -0.05) is 18.2 Å². The van der Waals surface area contributed by atoms with E-state index in [4.69, 9.17) is 9.47 Å². The summed E-state index contributed by atoms with van der Waals surface area (Å²) in [6.45, 7) is 0. The first-order chi connectivity index (χ1) is 17.7. The first-order valence-corrected chi connectivity index (χ1v) is 11.3. The van der Waals surface area contributed by atoms with E-state index in [1.54, 1.807) is 48.5 Å². The molecule has 190 valence electrons. The van der Waals surface area contributed by atoms with Crippen LogP contribution in [-0.4, -0.2) is 42.3 Å². The molecule has 0 saturated carbocycles. The third kappa shape index (κ3) is 6.92. The van der Waals surface area contributed by atoms with Gasteiger partial charge in [0.2, 0.25) is 0 Å². The molecule has 0 aliphatic heterocycles. The van der Waals surface area contributed by atoms with Gasteiger partial charge in [0.15, 0.2) is 0 Å². The highest BCUT2D eigenvalue weighted by molar-refractivity contribution is 9.10. The molecular weight excluding hydrogens is 548 g/mol. The van der Waals surface area contributed by atoms with Crippen molar-refractivity contribution in [1.29, 1.82) is 0 Å². The van der Waals surface area contributed by atoms with E-state index < -0.39 is 16.7 Å². The molecular formula is C25H21BrN4O7. The minimum Gasteiger partial charge on any atom is -0.506 e. The number of hydrogen-bond donors (Lipinski definition) is 3. The number of nitrogens with one attached hydrogen (secondary N) is 2. The van der Waals surface area contributed by atoms with Gasteiger partial charge in [0, 0.05) is 34.9 Å². The number of non-ortho nitro benzene ring substituents is 1. The summed E-state index contributed by atoms with van der Waals surface area (Å²) in [7, 11) is 2.95. The van der Waals surface area contributed by atoms with Gasteiger partial charge in [-0.3, -0.25) is 19.7 Å². The predicted molar refractivity (Wildman–Crippen MR) is 140 cm³/mol. The number of nitro groups is 1. The molecule has 37 heavy (non-hydrogen) atoms. The molecule has 0 aliphatic rings. The minimum atomic E-state index is -0.803. The molecule has 11 nitrogen and oxygen atoms in total. The number of carbonyl (C=O) groups excluding carboxylic acids is 2. The molecule has 0 atom stereocenters. The fourth-order valence-electron chi connectivity index (χ4n) is 3.07. The Hall–Kier alpha value is -4.71. The number of methoxy groups -OCH3 is 2. The van der Waals surface area contributed by atoms with Crippen LogP contribution in [0.15, 0.2) is 75.9 Å². The summed E-state index contributed by atoms with van der Waals surface area (Å²) in [6, 6.07) is 15.4. The largest absolute Gasteiger partial charge is 0.506 e. The average molecular weight is 569 g/mol. The van der Waals surface area contributed by atoms with Crippen LogP contribution in [-0.2, 0) is 4.79 Å². The number of phenolic OH excluding ortho intramolecular Hbond substituents is 1. The van der Waals surface area contributed by atoms with E-state index in [0.717, 1.165) is 18.3 Å². The normalized spacial score (nSPS) is 11.2. The molecule has 2 amide bonds. The maximum absolute atomic E-state index is 13.0. The molecule has 0 heterocycles. The Balaban J connectivity index is 1.92. The summed E-state index contributed by atoms with van der Waals surface area (Å²) in [4.78, 5) is 36.2. The Bertz CT molecular complexity index is 1390. The maximum Gasteiger partial charge on any atom is 0.287 e. The average Bonchev–Trinajstić information content (AvgIpc) is 2.90. The molecule has 0 unspecified atom stereocenters. The number of nitrogens with zero attached hydrogens (tertiary/aromatic N) is 2.